The van der Waals surface area contributed by atoms with Crippen LogP contribution in [-0.2, 0) is 6.54 Å². The molecule has 0 unspecified atom stereocenters. The molecule has 0 atom stereocenters. The van der Waals surface area contributed by atoms with Crippen LogP contribution in [0.3, 0.4) is 0 Å². The second kappa shape index (κ2) is 6.93. The summed E-state index contributed by atoms with van der Waals surface area (Å²) < 4.78 is 5.85. The maximum atomic E-state index is 5.99. The predicted molar refractivity (Wildman–Crippen MR) is 82.7 cm³/mol. The molecule has 1 aromatic carbocycles. The Morgan fingerprint density at radius 2 is 2.00 bits per heavy atom. The number of halogens is 2. The van der Waals surface area contributed by atoms with Gasteiger partial charge in [0.1, 0.15) is 11.5 Å². The van der Waals surface area contributed by atoms with Crippen molar-refractivity contribution in [2.45, 2.75) is 26.4 Å². The highest BCUT2D eigenvalue weighted by atomic mass is 35.5. The molecule has 0 aliphatic heterocycles. The first-order valence-electron chi connectivity index (χ1n) is 6.35. The van der Waals surface area contributed by atoms with Crippen molar-refractivity contribution in [2.24, 2.45) is 0 Å². The molecule has 1 aromatic heterocycles. The highest BCUT2D eigenvalue weighted by Crippen LogP contribution is 2.30. The summed E-state index contributed by atoms with van der Waals surface area (Å²) in [5.74, 6) is 1.41. The van der Waals surface area contributed by atoms with Crippen LogP contribution >= 0.6 is 23.2 Å². The SMILES string of the molecule is CC(C)NCc1cnccc1Oc1ccc(Cl)c(Cl)c1. The van der Waals surface area contributed by atoms with E-state index in [0.29, 0.717) is 28.4 Å². The zero-order chi connectivity index (χ0) is 14.5. The Morgan fingerprint density at radius 3 is 2.70 bits per heavy atom. The summed E-state index contributed by atoms with van der Waals surface area (Å²) >= 11 is 11.9. The first-order valence-corrected chi connectivity index (χ1v) is 7.11. The summed E-state index contributed by atoms with van der Waals surface area (Å²) in [6, 6.07) is 7.43. The molecule has 1 heterocycles. The maximum Gasteiger partial charge on any atom is 0.134 e. The molecule has 0 aliphatic rings. The Morgan fingerprint density at radius 1 is 1.20 bits per heavy atom. The molecule has 0 aliphatic carbocycles. The topological polar surface area (TPSA) is 34.2 Å². The van der Waals surface area contributed by atoms with Gasteiger partial charge in [0.25, 0.3) is 0 Å². The van der Waals surface area contributed by atoms with Gasteiger partial charge in [0, 0.05) is 36.6 Å². The lowest BCUT2D eigenvalue weighted by molar-refractivity contribution is 0.468. The largest absolute Gasteiger partial charge is 0.457 e. The molecule has 0 fully saturated rings. The zero-order valence-electron chi connectivity index (χ0n) is 11.4. The minimum absolute atomic E-state index is 0.396. The predicted octanol–water partition coefficient (Wildman–Crippen LogP) is 4.68. The van der Waals surface area contributed by atoms with Crippen LogP contribution in [0, 0.1) is 0 Å². The molecule has 0 bridgehead atoms. The zero-order valence-corrected chi connectivity index (χ0v) is 12.9. The summed E-state index contributed by atoms with van der Waals surface area (Å²) in [6.45, 7) is 4.88. The number of ether oxygens (including phenoxy) is 1. The molecule has 20 heavy (non-hydrogen) atoms. The molecule has 5 heteroatoms. The second-order valence-electron chi connectivity index (χ2n) is 4.70. The third-order valence-corrected chi connectivity index (χ3v) is 3.42. The average molecular weight is 311 g/mol. The molecule has 106 valence electrons. The van der Waals surface area contributed by atoms with Gasteiger partial charge in [0.15, 0.2) is 0 Å². The third-order valence-electron chi connectivity index (χ3n) is 2.68. The summed E-state index contributed by atoms with van der Waals surface area (Å²) in [7, 11) is 0. The van der Waals surface area contributed by atoms with Gasteiger partial charge in [-0.1, -0.05) is 37.0 Å². The van der Waals surface area contributed by atoms with Crippen LogP contribution in [0.15, 0.2) is 36.7 Å². The van der Waals surface area contributed by atoms with E-state index in [1.807, 2.05) is 6.07 Å². The van der Waals surface area contributed by atoms with Gasteiger partial charge in [-0.25, -0.2) is 0 Å². The van der Waals surface area contributed by atoms with Crippen molar-refractivity contribution in [3.05, 3.63) is 52.3 Å². The smallest absolute Gasteiger partial charge is 0.134 e. The summed E-state index contributed by atoms with van der Waals surface area (Å²) in [6.07, 6.45) is 3.49. The first kappa shape index (κ1) is 15.1. The summed E-state index contributed by atoms with van der Waals surface area (Å²) in [5.41, 5.74) is 0.993. The maximum absolute atomic E-state index is 5.99. The number of pyridine rings is 1. The lowest BCUT2D eigenvalue weighted by atomic mass is 10.2. The number of benzene rings is 1. The number of aromatic nitrogens is 1. The fraction of sp³-hybridized carbons (Fsp3) is 0.267. The van der Waals surface area contributed by atoms with Gasteiger partial charge in [-0.3, -0.25) is 4.98 Å². The lowest BCUT2D eigenvalue weighted by Crippen LogP contribution is -2.22. The molecule has 3 nitrogen and oxygen atoms in total. The monoisotopic (exact) mass is 310 g/mol. The quantitative estimate of drug-likeness (QED) is 0.870. The van der Waals surface area contributed by atoms with Crippen molar-refractivity contribution in [2.75, 3.05) is 0 Å². The van der Waals surface area contributed by atoms with E-state index in [1.165, 1.54) is 0 Å². The Bertz CT molecular complexity index is 588. The Hall–Kier alpha value is -1.29. The molecule has 2 rings (SSSR count). The Kier molecular flexibility index (Phi) is 5.24. The van der Waals surface area contributed by atoms with E-state index in [4.69, 9.17) is 27.9 Å². The second-order valence-corrected chi connectivity index (χ2v) is 5.51. The minimum atomic E-state index is 0.396. The number of nitrogens with zero attached hydrogens (tertiary/aromatic N) is 1. The van der Waals surface area contributed by atoms with Gasteiger partial charge in [-0.05, 0) is 18.2 Å². The van der Waals surface area contributed by atoms with Crippen molar-refractivity contribution in [1.82, 2.24) is 10.3 Å². The molecular weight excluding hydrogens is 295 g/mol. The van der Waals surface area contributed by atoms with E-state index in [9.17, 15) is 0 Å². The van der Waals surface area contributed by atoms with Crippen LogP contribution in [-0.4, -0.2) is 11.0 Å². The van der Waals surface area contributed by atoms with Crippen LogP contribution in [0.4, 0.5) is 0 Å². The molecule has 1 N–H and O–H groups in total. The van der Waals surface area contributed by atoms with E-state index >= 15 is 0 Å². The van der Waals surface area contributed by atoms with Crippen molar-refractivity contribution >= 4 is 23.2 Å². The summed E-state index contributed by atoms with van der Waals surface area (Å²) in [5, 5.41) is 4.32. The molecule has 2 aromatic rings. The van der Waals surface area contributed by atoms with Gasteiger partial charge < -0.3 is 10.1 Å². The van der Waals surface area contributed by atoms with Gasteiger partial charge in [0.2, 0.25) is 0 Å². The third kappa shape index (κ3) is 4.10. The van der Waals surface area contributed by atoms with E-state index < -0.39 is 0 Å². The van der Waals surface area contributed by atoms with Crippen LogP contribution in [0.2, 0.25) is 10.0 Å². The normalized spacial score (nSPS) is 10.8. The van der Waals surface area contributed by atoms with Crippen molar-refractivity contribution < 1.29 is 4.74 Å². The van der Waals surface area contributed by atoms with Crippen molar-refractivity contribution in [1.29, 1.82) is 0 Å². The number of rotatable bonds is 5. The lowest BCUT2D eigenvalue weighted by Gasteiger charge is -2.13. The molecular formula is C15H16Cl2N2O. The van der Waals surface area contributed by atoms with Crippen LogP contribution in [0.25, 0.3) is 0 Å². The number of hydrogen-bond donors (Lipinski definition) is 1. The van der Waals surface area contributed by atoms with Gasteiger partial charge in [0.05, 0.1) is 10.0 Å². The van der Waals surface area contributed by atoms with Crippen LogP contribution < -0.4 is 10.1 Å². The van der Waals surface area contributed by atoms with E-state index in [-0.39, 0.29) is 0 Å². The van der Waals surface area contributed by atoms with Gasteiger partial charge >= 0.3 is 0 Å². The highest BCUT2D eigenvalue weighted by Gasteiger charge is 2.07. The molecule has 0 amide bonds. The Balaban J connectivity index is 2.17. The van der Waals surface area contributed by atoms with E-state index in [1.54, 1.807) is 30.6 Å². The van der Waals surface area contributed by atoms with E-state index in [2.05, 4.69) is 24.1 Å². The molecule has 0 radical (unpaired) electrons. The molecule has 0 spiro atoms. The fourth-order valence-corrected chi connectivity index (χ4v) is 1.92. The summed E-state index contributed by atoms with van der Waals surface area (Å²) in [4.78, 5) is 4.13. The van der Waals surface area contributed by atoms with Crippen molar-refractivity contribution in [3.8, 4) is 11.5 Å². The number of nitrogens with one attached hydrogen (secondary N) is 1. The minimum Gasteiger partial charge on any atom is -0.457 e. The Labute approximate surface area is 128 Å². The average Bonchev–Trinajstić information content (AvgIpc) is 2.42. The van der Waals surface area contributed by atoms with E-state index in [0.717, 1.165) is 11.3 Å². The first-order chi connectivity index (χ1) is 9.56. The number of hydrogen-bond acceptors (Lipinski definition) is 3. The van der Waals surface area contributed by atoms with Crippen molar-refractivity contribution in [3.63, 3.8) is 0 Å². The van der Waals surface area contributed by atoms with Crippen LogP contribution in [0.5, 0.6) is 11.5 Å². The molecule has 0 saturated heterocycles. The standard InChI is InChI=1S/C15H16Cl2N2O/c1-10(2)19-9-11-8-18-6-5-15(11)20-12-3-4-13(16)14(17)7-12/h3-8,10,19H,9H2,1-2H3. The van der Waals surface area contributed by atoms with Crippen LogP contribution in [0.1, 0.15) is 19.4 Å². The van der Waals surface area contributed by atoms with Gasteiger partial charge in [-0.15, -0.1) is 0 Å². The molecule has 0 saturated carbocycles. The fourth-order valence-electron chi connectivity index (χ4n) is 1.63. The highest BCUT2D eigenvalue weighted by molar-refractivity contribution is 6.42. The van der Waals surface area contributed by atoms with Gasteiger partial charge in [-0.2, -0.15) is 0 Å².